The van der Waals surface area contributed by atoms with Crippen LogP contribution < -0.4 is 20.7 Å². The van der Waals surface area contributed by atoms with Crippen LogP contribution in [0.15, 0.2) is 62.7 Å². The smallest absolute Gasteiger partial charge is 0.330 e. The molecule has 0 unspecified atom stereocenters. The number of nitrogens with zero attached hydrogens (tertiary/aromatic N) is 3. The van der Waals surface area contributed by atoms with Crippen molar-refractivity contribution in [1.29, 1.82) is 0 Å². The van der Waals surface area contributed by atoms with Gasteiger partial charge in [0.05, 0.1) is 36.5 Å². The first kappa shape index (κ1) is 20.0. The van der Waals surface area contributed by atoms with Gasteiger partial charge in [0.2, 0.25) is 0 Å². The van der Waals surface area contributed by atoms with Crippen LogP contribution in [0.1, 0.15) is 0 Å². The van der Waals surface area contributed by atoms with E-state index in [1.807, 2.05) is 41.0 Å². The Morgan fingerprint density at radius 2 is 1.60 bits per heavy atom. The summed E-state index contributed by atoms with van der Waals surface area (Å²) in [4.78, 5) is 25.7. The first-order chi connectivity index (χ1) is 14.4. The number of halogens is 1. The van der Waals surface area contributed by atoms with E-state index in [4.69, 9.17) is 9.47 Å². The van der Waals surface area contributed by atoms with E-state index in [1.54, 1.807) is 33.5 Å². The molecule has 2 aromatic heterocycles. The van der Waals surface area contributed by atoms with Crippen LogP contribution in [0, 0.1) is 0 Å². The van der Waals surface area contributed by atoms with Gasteiger partial charge in [0, 0.05) is 30.8 Å². The minimum Gasteiger partial charge on any atom is -0.497 e. The van der Waals surface area contributed by atoms with Gasteiger partial charge in [-0.3, -0.25) is 13.9 Å². The Bertz CT molecular complexity index is 1380. The maximum atomic E-state index is 13.1. The number of aromatic nitrogens is 3. The number of fused-ring (bicyclic) bond motifs is 1. The third-order valence-corrected chi connectivity index (χ3v) is 5.73. The molecule has 2 aromatic carbocycles. The van der Waals surface area contributed by atoms with Gasteiger partial charge in [-0.2, -0.15) is 0 Å². The molecular formula is C22H20BrN3O4. The van der Waals surface area contributed by atoms with Gasteiger partial charge in [-0.15, -0.1) is 0 Å². The van der Waals surface area contributed by atoms with E-state index < -0.39 is 0 Å². The van der Waals surface area contributed by atoms with Crippen molar-refractivity contribution in [3.63, 3.8) is 0 Å². The SMILES string of the molecule is COc1ccc(-n2cc3c(c2-c2ccc(Br)cc2)c(=O)n(C)c(=O)n3C)c(OC)c1. The zero-order valence-electron chi connectivity index (χ0n) is 17.0. The number of hydrogen-bond acceptors (Lipinski definition) is 4. The number of benzene rings is 2. The maximum absolute atomic E-state index is 13.1. The van der Waals surface area contributed by atoms with Gasteiger partial charge in [-0.25, -0.2) is 4.79 Å². The van der Waals surface area contributed by atoms with Crippen molar-refractivity contribution in [2.24, 2.45) is 14.1 Å². The van der Waals surface area contributed by atoms with Crippen LogP contribution in [-0.2, 0) is 14.1 Å². The van der Waals surface area contributed by atoms with Gasteiger partial charge in [-0.05, 0) is 29.8 Å². The fourth-order valence-electron chi connectivity index (χ4n) is 3.61. The van der Waals surface area contributed by atoms with Crippen LogP contribution in [-0.4, -0.2) is 27.9 Å². The minimum absolute atomic E-state index is 0.350. The summed E-state index contributed by atoms with van der Waals surface area (Å²) in [6.45, 7) is 0. The Hall–Kier alpha value is -3.26. The second kappa shape index (κ2) is 7.53. The Labute approximate surface area is 180 Å². The van der Waals surface area contributed by atoms with Crippen LogP contribution >= 0.6 is 15.9 Å². The predicted octanol–water partition coefficient (Wildman–Crippen LogP) is 3.47. The molecule has 4 rings (SSSR count). The van der Waals surface area contributed by atoms with Gasteiger partial charge in [0.15, 0.2) is 0 Å². The highest BCUT2D eigenvalue weighted by Crippen LogP contribution is 2.36. The van der Waals surface area contributed by atoms with E-state index in [0.717, 1.165) is 20.3 Å². The molecule has 0 atom stereocenters. The van der Waals surface area contributed by atoms with Crippen molar-refractivity contribution in [1.82, 2.24) is 13.7 Å². The summed E-state index contributed by atoms with van der Waals surface area (Å²) >= 11 is 3.46. The summed E-state index contributed by atoms with van der Waals surface area (Å²) in [6.07, 6.45) is 1.79. The third kappa shape index (κ3) is 3.04. The molecule has 154 valence electrons. The Morgan fingerprint density at radius 1 is 0.900 bits per heavy atom. The minimum atomic E-state index is -0.381. The molecule has 0 aliphatic carbocycles. The third-order valence-electron chi connectivity index (χ3n) is 5.20. The lowest BCUT2D eigenvalue weighted by Gasteiger charge is -2.15. The first-order valence-electron chi connectivity index (χ1n) is 9.16. The normalized spacial score (nSPS) is 11.1. The van der Waals surface area contributed by atoms with Crippen molar-refractivity contribution < 1.29 is 9.47 Å². The predicted molar refractivity (Wildman–Crippen MR) is 120 cm³/mol. The first-order valence-corrected chi connectivity index (χ1v) is 9.96. The second-order valence-electron chi connectivity index (χ2n) is 6.86. The summed E-state index contributed by atoms with van der Waals surface area (Å²) in [5, 5.41) is 0.458. The van der Waals surface area contributed by atoms with E-state index in [9.17, 15) is 9.59 Å². The summed E-state index contributed by atoms with van der Waals surface area (Å²) in [7, 11) is 6.31. The molecule has 0 N–H and O–H groups in total. The summed E-state index contributed by atoms with van der Waals surface area (Å²) in [5.74, 6) is 1.23. The largest absolute Gasteiger partial charge is 0.497 e. The van der Waals surface area contributed by atoms with Gasteiger partial charge in [-0.1, -0.05) is 28.1 Å². The van der Waals surface area contributed by atoms with Crippen LogP contribution in [0.4, 0.5) is 0 Å². The highest BCUT2D eigenvalue weighted by molar-refractivity contribution is 9.10. The summed E-state index contributed by atoms with van der Waals surface area (Å²) in [6, 6.07) is 13.1. The number of rotatable bonds is 4. The Kier molecular flexibility index (Phi) is 5.03. The lowest BCUT2D eigenvalue weighted by molar-refractivity contribution is 0.393. The molecule has 0 bridgehead atoms. The molecule has 30 heavy (non-hydrogen) atoms. The van der Waals surface area contributed by atoms with E-state index in [2.05, 4.69) is 15.9 Å². The maximum Gasteiger partial charge on any atom is 0.330 e. The lowest BCUT2D eigenvalue weighted by atomic mass is 10.1. The highest BCUT2D eigenvalue weighted by atomic mass is 79.9. The zero-order valence-corrected chi connectivity index (χ0v) is 18.6. The van der Waals surface area contributed by atoms with Gasteiger partial charge in [0.25, 0.3) is 5.56 Å². The lowest BCUT2D eigenvalue weighted by Crippen LogP contribution is -2.36. The molecule has 7 nitrogen and oxygen atoms in total. The van der Waals surface area contributed by atoms with Crippen molar-refractivity contribution >= 4 is 26.8 Å². The monoisotopic (exact) mass is 469 g/mol. The van der Waals surface area contributed by atoms with E-state index >= 15 is 0 Å². The molecule has 0 radical (unpaired) electrons. The quantitative estimate of drug-likeness (QED) is 0.458. The number of methoxy groups -OCH3 is 2. The molecule has 8 heteroatoms. The van der Waals surface area contributed by atoms with E-state index in [1.165, 1.54) is 11.6 Å². The summed E-state index contributed by atoms with van der Waals surface area (Å²) in [5.41, 5.74) is 2.05. The Balaban J connectivity index is 2.18. The summed E-state index contributed by atoms with van der Waals surface area (Å²) < 4.78 is 16.3. The topological polar surface area (TPSA) is 67.4 Å². The molecule has 0 aliphatic heterocycles. The molecule has 2 heterocycles. The molecule has 0 saturated carbocycles. The standard InChI is InChI=1S/C22H20BrN3O4/c1-24-17-12-26(16-10-9-15(29-3)11-18(16)30-4)20(13-5-7-14(23)8-6-13)19(17)21(27)25(2)22(24)28/h5-12H,1-4H3. The van der Waals surface area contributed by atoms with E-state index in [0.29, 0.717) is 28.1 Å². The van der Waals surface area contributed by atoms with Crippen molar-refractivity contribution in [2.75, 3.05) is 14.2 Å². The molecule has 0 saturated heterocycles. The van der Waals surface area contributed by atoms with Crippen molar-refractivity contribution in [3.05, 3.63) is 74.0 Å². The van der Waals surface area contributed by atoms with Gasteiger partial charge < -0.3 is 14.0 Å². The average Bonchev–Trinajstić information content (AvgIpc) is 3.16. The fourth-order valence-corrected chi connectivity index (χ4v) is 3.87. The van der Waals surface area contributed by atoms with Crippen molar-refractivity contribution in [2.45, 2.75) is 0 Å². The van der Waals surface area contributed by atoms with E-state index in [-0.39, 0.29) is 11.2 Å². The molecule has 0 spiro atoms. The van der Waals surface area contributed by atoms with Crippen LogP contribution in [0.25, 0.3) is 27.8 Å². The van der Waals surface area contributed by atoms with Gasteiger partial charge in [0.1, 0.15) is 11.5 Å². The highest BCUT2D eigenvalue weighted by Gasteiger charge is 2.22. The van der Waals surface area contributed by atoms with Gasteiger partial charge >= 0.3 is 5.69 Å². The molecule has 0 fully saturated rings. The van der Waals surface area contributed by atoms with Crippen LogP contribution in [0.3, 0.4) is 0 Å². The molecule has 4 aromatic rings. The number of aryl methyl sites for hydroxylation is 1. The van der Waals surface area contributed by atoms with Crippen LogP contribution in [0.2, 0.25) is 0 Å². The number of ether oxygens (including phenoxy) is 2. The van der Waals surface area contributed by atoms with Crippen molar-refractivity contribution in [3.8, 4) is 28.4 Å². The number of hydrogen-bond donors (Lipinski definition) is 0. The molecule has 0 aliphatic rings. The molecule has 0 amide bonds. The van der Waals surface area contributed by atoms with Crippen LogP contribution in [0.5, 0.6) is 11.5 Å². The molecular weight excluding hydrogens is 450 g/mol. The second-order valence-corrected chi connectivity index (χ2v) is 7.77. The zero-order chi connectivity index (χ0) is 21.6. The fraction of sp³-hybridized carbons (Fsp3) is 0.182. The average molecular weight is 470 g/mol. The Morgan fingerprint density at radius 3 is 2.23 bits per heavy atom.